The Kier molecular flexibility index (Phi) is 5.61. The van der Waals surface area contributed by atoms with Crippen LogP contribution in [0.1, 0.15) is 5.56 Å². The molecule has 0 saturated carbocycles. The number of carbonyl (C=O) groups excluding carboxylic acids is 2. The molecule has 5 nitrogen and oxygen atoms in total. The maximum atomic E-state index is 11.3. The molecule has 0 aliphatic heterocycles. The summed E-state index contributed by atoms with van der Waals surface area (Å²) in [5.41, 5.74) is 6.10. The number of primary amides is 1. The van der Waals surface area contributed by atoms with Gasteiger partial charge in [0, 0.05) is 18.6 Å². The normalized spacial score (nSPS) is 11.9. The van der Waals surface area contributed by atoms with Crippen LogP contribution in [0.25, 0.3) is 0 Å². The van der Waals surface area contributed by atoms with Crippen molar-refractivity contribution in [2.75, 3.05) is 13.7 Å². The van der Waals surface area contributed by atoms with Crippen molar-refractivity contribution in [1.29, 1.82) is 0 Å². The molecule has 0 spiro atoms. The first-order valence-electron chi connectivity index (χ1n) is 5.35. The summed E-state index contributed by atoms with van der Waals surface area (Å²) >= 11 is 5.76. The number of hydrogen-bond acceptors (Lipinski definition) is 3. The van der Waals surface area contributed by atoms with E-state index in [1.54, 1.807) is 24.3 Å². The van der Waals surface area contributed by atoms with E-state index < -0.39 is 11.9 Å². The lowest BCUT2D eigenvalue weighted by Crippen LogP contribution is -2.46. The second-order valence-corrected chi connectivity index (χ2v) is 4.22. The molecule has 2 amide bonds. The van der Waals surface area contributed by atoms with Gasteiger partial charge in [0.1, 0.15) is 12.6 Å². The lowest BCUT2D eigenvalue weighted by molar-refractivity contribution is -0.129. The van der Waals surface area contributed by atoms with Crippen molar-refractivity contribution < 1.29 is 14.3 Å². The molecule has 0 saturated heterocycles. The van der Waals surface area contributed by atoms with Crippen LogP contribution in [0.15, 0.2) is 24.3 Å². The minimum absolute atomic E-state index is 0.107. The molecule has 1 rings (SSSR count). The second kappa shape index (κ2) is 6.98. The highest BCUT2D eigenvalue weighted by atomic mass is 35.5. The molecule has 0 aliphatic rings. The number of carbonyl (C=O) groups is 2. The van der Waals surface area contributed by atoms with E-state index in [9.17, 15) is 9.59 Å². The van der Waals surface area contributed by atoms with Gasteiger partial charge < -0.3 is 15.8 Å². The molecule has 1 aromatic rings. The molecule has 0 unspecified atom stereocenters. The van der Waals surface area contributed by atoms with E-state index in [4.69, 9.17) is 17.3 Å². The van der Waals surface area contributed by atoms with Gasteiger partial charge >= 0.3 is 0 Å². The number of nitrogens with two attached hydrogens (primary N) is 1. The Labute approximate surface area is 110 Å². The summed E-state index contributed by atoms with van der Waals surface area (Å²) in [6.45, 7) is -0.107. The number of methoxy groups -OCH3 is 1. The quantitative estimate of drug-likeness (QED) is 0.790. The summed E-state index contributed by atoms with van der Waals surface area (Å²) in [6.07, 6.45) is 0.321. The van der Waals surface area contributed by atoms with E-state index in [0.717, 1.165) is 5.56 Å². The molecule has 1 aromatic carbocycles. The number of hydrogen-bond donors (Lipinski definition) is 2. The smallest absolute Gasteiger partial charge is 0.246 e. The minimum Gasteiger partial charge on any atom is -0.375 e. The highest BCUT2D eigenvalue weighted by Gasteiger charge is 2.18. The largest absolute Gasteiger partial charge is 0.375 e. The highest BCUT2D eigenvalue weighted by molar-refractivity contribution is 6.30. The molecule has 0 fully saturated rings. The monoisotopic (exact) mass is 270 g/mol. The van der Waals surface area contributed by atoms with Gasteiger partial charge in [0.2, 0.25) is 11.8 Å². The van der Waals surface area contributed by atoms with Crippen molar-refractivity contribution in [2.24, 2.45) is 5.73 Å². The lowest BCUT2D eigenvalue weighted by Gasteiger charge is -2.15. The van der Waals surface area contributed by atoms with E-state index >= 15 is 0 Å². The van der Waals surface area contributed by atoms with Gasteiger partial charge in [-0.15, -0.1) is 0 Å². The lowest BCUT2D eigenvalue weighted by atomic mass is 10.1. The molecule has 0 heterocycles. The number of halogens is 1. The Morgan fingerprint density at radius 2 is 2.00 bits per heavy atom. The van der Waals surface area contributed by atoms with Gasteiger partial charge in [-0.25, -0.2) is 0 Å². The summed E-state index contributed by atoms with van der Waals surface area (Å²) in [7, 11) is 1.40. The van der Waals surface area contributed by atoms with Gasteiger partial charge in [-0.05, 0) is 17.7 Å². The van der Waals surface area contributed by atoms with Crippen LogP contribution in [-0.2, 0) is 20.7 Å². The average molecular weight is 271 g/mol. The van der Waals surface area contributed by atoms with Crippen LogP contribution in [-0.4, -0.2) is 31.6 Å². The van der Waals surface area contributed by atoms with Gasteiger partial charge in [0.25, 0.3) is 0 Å². The predicted molar refractivity (Wildman–Crippen MR) is 68.2 cm³/mol. The maximum Gasteiger partial charge on any atom is 0.246 e. The topological polar surface area (TPSA) is 81.4 Å². The van der Waals surface area contributed by atoms with Gasteiger partial charge in [-0.2, -0.15) is 0 Å². The highest BCUT2D eigenvalue weighted by Crippen LogP contribution is 2.11. The minimum atomic E-state index is -0.756. The Morgan fingerprint density at radius 3 is 2.50 bits per heavy atom. The zero-order valence-corrected chi connectivity index (χ0v) is 10.7. The molecule has 1 atom stereocenters. The van der Waals surface area contributed by atoms with E-state index in [1.807, 2.05) is 0 Å². The standard InChI is InChI=1S/C12H15ClN2O3/c1-18-7-11(16)15-10(12(14)17)6-8-2-4-9(13)5-3-8/h2-5,10H,6-7H2,1H3,(H2,14,17)(H,15,16)/t10-/m1/s1. The van der Waals surface area contributed by atoms with Crippen molar-refractivity contribution in [1.82, 2.24) is 5.32 Å². The summed E-state index contributed by atoms with van der Waals surface area (Å²) in [5.74, 6) is -0.968. The summed E-state index contributed by atoms with van der Waals surface area (Å²) < 4.78 is 4.67. The van der Waals surface area contributed by atoms with Gasteiger partial charge in [-0.3, -0.25) is 9.59 Å². The number of amides is 2. The Bertz CT molecular complexity index is 420. The van der Waals surface area contributed by atoms with Crippen molar-refractivity contribution in [3.63, 3.8) is 0 Å². The molecular weight excluding hydrogens is 256 g/mol. The first-order valence-corrected chi connectivity index (χ1v) is 5.72. The van der Waals surface area contributed by atoms with Crippen molar-refractivity contribution in [2.45, 2.75) is 12.5 Å². The third kappa shape index (κ3) is 4.73. The summed E-state index contributed by atoms with van der Waals surface area (Å²) in [4.78, 5) is 22.6. The SMILES string of the molecule is COCC(=O)N[C@H](Cc1ccc(Cl)cc1)C(N)=O. The van der Waals surface area contributed by atoms with Crippen LogP contribution in [0.2, 0.25) is 5.02 Å². The van der Waals surface area contributed by atoms with Crippen LogP contribution in [0.4, 0.5) is 0 Å². The third-order valence-corrected chi connectivity index (χ3v) is 2.56. The fraction of sp³-hybridized carbons (Fsp3) is 0.333. The zero-order chi connectivity index (χ0) is 13.5. The Morgan fingerprint density at radius 1 is 1.39 bits per heavy atom. The third-order valence-electron chi connectivity index (χ3n) is 2.31. The van der Waals surface area contributed by atoms with E-state index in [-0.39, 0.29) is 12.5 Å². The molecule has 0 aliphatic carbocycles. The van der Waals surface area contributed by atoms with Crippen LogP contribution < -0.4 is 11.1 Å². The van der Waals surface area contributed by atoms with Crippen LogP contribution in [0, 0.1) is 0 Å². The molecule has 6 heteroatoms. The van der Waals surface area contributed by atoms with Crippen LogP contribution >= 0.6 is 11.6 Å². The maximum absolute atomic E-state index is 11.3. The molecular formula is C12H15ClN2O3. The fourth-order valence-corrected chi connectivity index (χ4v) is 1.57. The van der Waals surface area contributed by atoms with Gasteiger partial charge in [-0.1, -0.05) is 23.7 Å². The first-order chi connectivity index (χ1) is 8.52. The van der Waals surface area contributed by atoms with Gasteiger partial charge in [0.15, 0.2) is 0 Å². The molecule has 0 radical (unpaired) electrons. The predicted octanol–water partition coefficient (Wildman–Crippen LogP) is 0.499. The average Bonchev–Trinajstić information content (AvgIpc) is 2.31. The number of benzene rings is 1. The molecule has 18 heavy (non-hydrogen) atoms. The van der Waals surface area contributed by atoms with E-state index in [2.05, 4.69) is 10.1 Å². The second-order valence-electron chi connectivity index (χ2n) is 3.79. The van der Waals surface area contributed by atoms with E-state index in [1.165, 1.54) is 7.11 Å². The van der Waals surface area contributed by atoms with E-state index in [0.29, 0.717) is 11.4 Å². The first kappa shape index (κ1) is 14.5. The van der Waals surface area contributed by atoms with Gasteiger partial charge in [0.05, 0.1) is 0 Å². The molecule has 0 bridgehead atoms. The Balaban J connectivity index is 2.65. The molecule has 3 N–H and O–H groups in total. The fourth-order valence-electron chi connectivity index (χ4n) is 1.45. The van der Waals surface area contributed by atoms with Crippen molar-refractivity contribution >= 4 is 23.4 Å². The van der Waals surface area contributed by atoms with Crippen LogP contribution in [0.5, 0.6) is 0 Å². The summed E-state index contributed by atoms with van der Waals surface area (Å²) in [6, 6.07) is 6.23. The number of nitrogens with one attached hydrogen (secondary N) is 1. The molecule has 98 valence electrons. The zero-order valence-electron chi connectivity index (χ0n) is 9.98. The van der Waals surface area contributed by atoms with Crippen molar-refractivity contribution in [3.8, 4) is 0 Å². The van der Waals surface area contributed by atoms with Crippen LogP contribution in [0.3, 0.4) is 0 Å². The van der Waals surface area contributed by atoms with Crippen molar-refractivity contribution in [3.05, 3.63) is 34.9 Å². The number of rotatable bonds is 6. The summed E-state index contributed by atoms with van der Waals surface area (Å²) in [5, 5.41) is 3.12. The Hall–Kier alpha value is -1.59. The molecule has 0 aromatic heterocycles. The number of ether oxygens (including phenoxy) is 1.